The molecule has 1 aliphatic carbocycles. The van der Waals surface area contributed by atoms with Gasteiger partial charge in [0.1, 0.15) is 17.5 Å². The number of amides is 1. The first-order valence-corrected chi connectivity index (χ1v) is 19.7. The summed E-state index contributed by atoms with van der Waals surface area (Å²) in [5.74, 6) is 1.76. The number of benzene rings is 1. The molecule has 10 nitrogen and oxygen atoms in total. The summed E-state index contributed by atoms with van der Waals surface area (Å²) in [6, 6.07) is 10.2. The van der Waals surface area contributed by atoms with Gasteiger partial charge in [-0.15, -0.1) is 0 Å². The average molecular weight is 658 g/mol. The Hall–Kier alpha value is -3.75. The van der Waals surface area contributed by atoms with Crippen LogP contribution in [0.2, 0.25) is 18.1 Å². The van der Waals surface area contributed by atoms with Gasteiger partial charge in [-0.3, -0.25) is 9.58 Å². The highest BCUT2D eigenvalue weighted by Crippen LogP contribution is 2.47. The molecule has 5 rings (SSSR count). The van der Waals surface area contributed by atoms with Gasteiger partial charge >= 0.3 is 6.09 Å². The summed E-state index contributed by atoms with van der Waals surface area (Å²) in [6.45, 7) is 19.5. The fourth-order valence-electron chi connectivity index (χ4n) is 6.18. The van der Waals surface area contributed by atoms with Crippen molar-refractivity contribution in [1.29, 1.82) is 5.26 Å². The van der Waals surface area contributed by atoms with Gasteiger partial charge in [0.05, 0.1) is 22.6 Å². The van der Waals surface area contributed by atoms with Crippen LogP contribution in [0.3, 0.4) is 0 Å². The number of rotatable bonds is 7. The van der Waals surface area contributed by atoms with Gasteiger partial charge in [0.2, 0.25) is 5.95 Å². The molecule has 2 aromatic heterocycles. The van der Waals surface area contributed by atoms with Gasteiger partial charge in [-0.2, -0.15) is 10.4 Å². The minimum Gasteiger partial charge on any atom is -0.443 e. The standard InChI is InChI=1S/C36H51N7O3Si/c1-34(2,3)46-33(44)43-22-36(7,23-45-47(9,10)35(4,5)6)27-19-25(18-26(21-37)31(27)43)28-16-17-38-32(39-28)40-30-20-29(41-42(30)8)24-14-12-11-13-15-24/h16-20,24H,11-15,22-23H2,1-10H3,(H,38,39,40). The van der Waals surface area contributed by atoms with Crippen LogP contribution in [0.1, 0.15) is 103 Å². The fourth-order valence-corrected chi connectivity index (χ4v) is 7.30. The Morgan fingerprint density at radius 1 is 1.13 bits per heavy atom. The molecule has 11 heteroatoms. The number of fused-ring (bicyclic) bond motifs is 1. The van der Waals surface area contributed by atoms with Gasteiger partial charge in [-0.25, -0.2) is 14.8 Å². The van der Waals surface area contributed by atoms with E-state index in [9.17, 15) is 10.1 Å². The first kappa shape index (κ1) is 34.6. The molecular weight excluding hydrogens is 607 g/mol. The highest BCUT2D eigenvalue weighted by Gasteiger charge is 2.47. The van der Waals surface area contributed by atoms with Crippen molar-refractivity contribution in [3.05, 3.63) is 47.3 Å². The Kier molecular flexibility index (Phi) is 9.34. The normalized spacial score (nSPS) is 19.0. The second-order valence-corrected chi connectivity index (χ2v) is 20.8. The molecule has 252 valence electrons. The van der Waals surface area contributed by atoms with Gasteiger partial charge < -0.3 is 14.5 Å². The number of ether oxygens (including phenoxy) is 1. The van der Waals surface area contributed by atoms with Crippen LogP contribution < -0.4 is 10.2 Å². The van der Waals surface area contributed by atoms with Crippen LogP contribution in [0, 0.1) is 11.3 Å². The van der Waals surface area contributed by atoms with E-state index in [1.165, 1.54) is 32.1 Å². The number of hydrogen-bond donors (Lipinski definition) is 1. The molecule has 1 amide bonds. The molecule has 0 bridgehead atoms. The third kappa shape index (κ3) is 7.39. The van der Waals surface area contributed by atoms with Gasteiger partial charge in [0.15, 0.2) is 8.32 Å². The van der Waals surface area contributed by atoms with Crippen molar-refractivity contribution in [2.24, 2.45) is 7.05 Å². The van der Waals surface area contributed by atoms with Crippen LogP contribution in [0.25, 0.3) is 11.3 Å². The second kappa shape index (κ2) is 12.7. The number of nitrogens with zero attached hydrogens (tertiary/aromatic N) is 6. The van der Waals surface area contributed by atoms with Crippen molar-refractivity contribution in [2.45, 2.75) is 116 Å². The van der Waals surface area contributed by atoms with Crippen molar-refractivity contribution >= 4 is 31.9 Å². The van der Waals surface area contributed by atoms with Crippen LogP contribution in [0.5, 0.6) is 0 Å². The molecule has 1 aromatic carbocycles. The number of aromatic nitrogens is 4. The Bertz CT molecular complexity index is 1670. The number of carbonyl (C=O) groups excluding carboxylic acids is 1. The lowest BCUT2D eigenvalue weighted by atomic mass is 9.83. The van der Waals surface area contributed by atoms with Crippen molar-refractivity contribution in [3.8, 4) is 17.3 Å². The average Bonchev–Trinajstić information content (AvgIpc) is 3.52. The summed E-state index contributed by atoms with van der Waals surface area (Å²) in [7, 11) is -0.190. The monoisotopic (exact) mass is 657 g/mol. The quantitative estimate of drug-likeness (QED) is 0.251. The van der Waals surface area contributed by atoms with E-state index in [1.807, 2.05) is 44.6 Å². The Balaban J connectivity index is 1.51. The van der Waals surface area contributed by atoms with E-state index in [4.69, 9.17) is 19.2 Å². The Labute approximate surface area is 281 Å². The van der Waals surface area contributed by atoms with Crippen molar-refractivity contribution in [1.82, 2.24) is 19.7 Å². The number of aryl methyl sites for hydroxylation is 1. The molecule has 1 unspecified atom stereocenters. The zero-order valence-electron chi connectivity index (χ0n) is 29.8. The highest BCUT2D eigenvalue weighted by atomic mass is 28.4. The maximum Gasteiger partial charge on any atom is 0.414 e. The molecule has 1 fully saturated rings. The molecule has 0 radical (unpaired) electrons. The third-order valence-electron chi connectivity index (χ3n) is 9.94. The van der Waals surface area contributed by atoms with Gasteiger partial charge in [0.25, 0.3) is 0 Å². The van der Waals surface area contributed by atoms with Crippen LogP contribution in [0.15, 0.2) is 30.5 Å². The van der Waals surface area contributed by atoms with E-state index in [2.05, 4.69) is 63.2 Å². The zero-order chi connectivity index (χ0) is 34.4. The summed E-state index contributed by atoms with van der Waals surface area (Å²) in [5.41, 5.74) is 3.10. The second-order valence-electron chi connectivity index (χ2n) is 16.0. The molecule has 3 heterocycles. The lowest BCUT2D eigenvalue weighted by Gasteiger charge is -2.39. The lowest BCUT2D eigenvalue weighted by Crippen LogP contribution is -2.46. The molecule has 2 aliphatic rings. The summed E-state index contributed by atoms with van der Waals surface area (Å²) >= 11 is 0. The predicted octanol–water partition coefficient (Wildman–Crippen LogP) is 8.57. The van der Waals surface area contributed by atoms with E-state index in [0.717, 1.165) is 22.6 Å². The molecule has 0 saturated heterocycles. The highest BCUT2D eigenvalue weighted by molar-refractivity contribution is 6.74. The molecule has 1 atom stereocenters. The maximum atomic E-state index is 13.6. The molecule has 3 aromatic rings. The molecule has 47 heavy (non-hydrogen) atoms. The fraction of sp³-hybridized carbons (Fsp3) is 0.583. The molecule has 1 saturated carbocycles. The third-order valence-corrected chi connectivity index (χ3v) is 14.4. The van der Waals surface area contributed by atoms with Crippen LogP contribution in [-0.2, 0) is 21.6 Å². The topological polar surface area (TPSA) is 118 Å². The largest absolute Gasteiger partial charge is 0.443 e. The summed E-state index contributed by atoms with van der Waals surface area (Å²) < 4.78 is 14.4. The molecule has 1 N–H and O–H groups in total. The van der Waals surface area contributed by atoms with Gasteiger partial charge in [-0.05, 0) is 75.5 Å². The van der Waals surface area contributed by atoms with Crippen molar-refractivity contribution in [3.63, 3.8) is 0 Å². The van der Waals surface area contributed by atoms with Gasteiger partial charge in [0, 0.05) is 49.4 Å². The first-order valence-electron chi connectivity index (χ1n) is 16.8. The SMILES string of the molecule is Cn1nc(C2CCCCC2)cc1Nc1nccc(-c2cc(C#N)c3c(c2)C(C)(CO[Si](C)(C)C(C)(C)C)CN3C(=O)OC(C)(C)C)n1. The first-order chi connectivity index (χ1) is 21.9. The summed E-state index contributed by atoms with van der Waals surface area (Å²) in [6.07, 6.45) is 7.38. The van der Waals surface area contributed by atoms with Crippen LogP contribution in [-0.4, -0.2) is 52.9 Å². The number of nitriles is 1. The van der Waals surface area contributed by atoms with Crippen LogP contribution >= 0.6 is 0 Å². The Morgan fingerprint density at radius 3 is 2.47 bits per heavy atom. The Morgan fingerprint density at radius 2 is 1.83 bits per heavy atom. The number of anilines is 3. The van der Waals surface area contributed by atoms with E-state index in [1.54, 1.807) is 17.2 Å². The maximum absolute atomic E-state index is 13.6. The van der Waals surface area contributed by atoms with E-state index < -0.39 is 25.4 Å². The molecular formula is C36H51N7O3Si. The molecule has 0 spiro atoms. The predicted molar refractivity (Wildman–Crippen MR) is 189 cm³/mol. The number of carbonyl (C=O) groups is 1. The minimum atomic E-state index is -2.12. The van der Waals surface area contributed by atoms with E-state index >= 15 is 0 Å². The van der Waals surface area contributed by atoms with Gasteiger partial charge in [-0.1, -0.05) is 47.0 Å². The summed E-state index contributed by atoms with van der Waals surface area (Å²) in [5, 5.41) is 18.6. The van der Waals surface area contributed by atoms with E-state index in [-0.39, 0.29) is 5.04 Å². The molecule has 1 aliphatic heterocycles. The number of hydrogen-bond acceptors (Lipinski definition) is 8. The van der Waals surface area contributed by atoms with Crippen molar-refractivity contribution in [2.75, 3.05) is 23.4 Å². The van der Waals surface area contributed by atoms with Crippen molar-refractivity contribution < 1.29 is 14.0 Å². The van der Waals surface area contributed by atoms with Crippen LogP contribution in [0.4, 0.5) is 22.2 Å². The lowest BCUT2D eigenvalue weighted by molar-refractivity contribution is 0.0575. The van der Waals surface area contributed by atoms with E-state index in [0.29, 0.717) is 42.0 Å². The number of nitrogens with one attached hydrogen (secondary N) is 1. The zero-order valence-corrected chi connectivity index (χ0v) is 30.8. The minimum absolute atomic E-state index is 0.0186. The summed E-state index contributed by atoms with van der Waals surface area (Å²) in [4.78, 5) is 24.5. The smallest absolute Gasteiger partial charge is 0.414 e.